The van der Waals surface area contributed by atoms with Crippen molar-refractivity contribution in [3.05, 3.63) is 84.5 Å². The maximum absolute atomic E-state index is 12.4. The molecular weight excluding hydrogens is 427 g/mol. The first-order valence-electron chi connectivity index (χ1n) is 7.98. The van der Waals surface area contributed by atoms with Crippen molar-refractivity contribution in [3.8, 4) is 0 Å². The average molecular weight is 440 g/mol. The van der Waals surface area contributed by atoms with Crippen molar-refractivity contribution in [3.63, 3.8) is 0 Å². The van der Waals surface area contributed by atoms with Crippen LogP contribution in [0, 0.1) is 17.0 Å². The highest BCUT2D eigenvalue weighted by Gasteiger charge is 2.16. The normalized spacial score (nSPS) is 10.7. The number of carbonyl (C=O) groups is 1. The third-order valence-electron chi connectivity index (χ3n) is 3.93. The number of nitro groups is 1. The topological polar surface area (TPSA) is 90.1 Å². The smallest absolute Gasteiger partial charge is 0.272 e. The first-order chi connectivity index (χ1) is 13.2. The molecule has 3 aromatic rings. The SMILES string of the molecule is Cc1cc(C(=O)Nc2nn(Cc3ccc(Cl)c(Cl)c3)cc2Cl)ccc1[N+](=O)[O-]. The summed E-state index contributed by atoms with van der Waals surface area (Å²) in [5.41, 5.74) is 1.45. The van der Waals surface area contributed by atoms with Gasteiger partial charge in [0.25, 0.3) is 11.6 Å². The van der Waals surface area contributed by atoms with Crippen LogP contribution < -0.4 is 5.32 Å². The summed E-state index contributed by atoms with van der Waals surface area (Å²) in [6.45, 7) is 1.94. The lowest BCUT2D eigenvalue weighted by Crippen LogP contribution is -2.13. The Kier molecular flexibility index (Phi) is 5.88. The van der Waals surface area contributed by atoms with Crippen LogP contribution in [0.25, 0.3) is 0 Å². The molecule has 0 bridgehead atoms. The Balaban J connectivity index is 1.76. The van der Waals surface area contributed by atoms with E-state index in [4.69, 9.17) is 34.8 Å². The molecule has 0 saturated carbocycles. The van der Waals surface area contributed by atoms with Gasteiger partial charge in [0.15, 0.2) is 5.82 Å². The van der Waals surface area contributed by atoms with Crippen LogP contribution in [0.5, 0.6) is 0 Å². The number of aromatic nitrogens is 2. The van der Waals surface area contributed by atoms with Gasteiger partial charge in [-0.2, -0.15) is 5.10 Å². The van der Waals surface area contributed by atoms with Crippen molar-refractivity contribution < 1.29 is 9.72 Å². The summed E-state index contributed by atoms with van der Waals surface area (Å²) in [6, 6.07) is 9.31. The Bertz CT molecular complexity index is 1080. The van der Waals surface area contributed by atoms with Crippen LogP contribution in [0.3, 0.4) is 0 Å². The standard InChI is InChI=1S/C18H13Cl3N4O3/c1-10-6-12(3-5-16(10)25(27)28)18(26)22-17-15(21)9-24(23-17)8-11-2-4-13(19)14(20)7-11/h2-7,9H,8H2,1H3,(H,22,23,26). The minimum atomic E-state index is -0.501. The molecule has 0 unspecified atom stereocenters. The largest absolute Gasteiger partial charge is 0.304 e. The van der Waals surface area contributed by atoms with Gasteiger partial charge in [-0.05, 0) is 36.8 Å². The van der Waals surface area contributed by atoms with Gasteiger partial charge in [-0.15, -0.1) is 0 Å². The monoisotopic (exact) mass is 438 g/mol. The molecule has 10 heteroatoms. The number of rotatable bonds is 5. The molecule has 0 aliphatic heterocycles. The van der Waals surface area contributed by atoms with Gasteiger partial charge in [-0.25, -0.2) is 0 Å². The number of anilines is 1. The zero-order chi connectivity index (χ0) is 20.4. The zero-order valence-corrected chi connectivity index (χ0v) is 16.7. The summed E-state index contributed by atoms with van der Waals surface area (Å²) >= 11 is 18.1. The second kappa shape index (κ2) is 8.18. The van der Waals surface area contributed by atoms with Gasteiger partial charge >= 0.3 is 0 Å². The van der Waals surface area contributed by atoms with Crippen molar-refractivity contribution in [2.45, 2.75) is 13.5 Å². The van der Waals surface area contributed by atoms with Gasteiger partial charge in [-0.3, -0.25) is 19.6 Å². The van der Waals surface area contributed by atoms with E-state index in [1.807, 2.05) is 6.07 Å². The minimum Gasteiger partial charge on any atom is -0.304 e. The molecule has 0 fully saturated rings. The van der Waals surface area contributed by atoms with Crippen LogP contribution in [-0.2, 0) is 6.54 Å². The summed E-state index contributed by atoms with van der Waals surface area (Å²) in [4.78, 5) is 22.8. The number of aryl methyl sites for hydroxylation is 1. The molecule has 3 rings (SSSR count). The Morgan fingerprint density at radius 1 is 1.14 bits per heavy atom. The molecule has 1 aromatic heterocycles. The van der Waals surface area contributed by atoms with Crippen LogP contribution in [0.15, 0.2) is 42.6 Å². The number of amides is 1. The third kappa shape index (κ3) is 4.44. The lowest BCUT2D eigenvalue weighted by atomic mass is 10.1. The molecule has 7 nitrogen and oxygen atoms in total. The zero-order valence-electron chi connectivity index (χ0n) is 14.4. The lowest BCUT2D eigenvalue weighted by molar-refractivity contribution is -0.385. The van der Waals surface area contributed by atoms with E-state index in [1.165, 1.54) is 18.2 Å². The van der Waals surface area contributed by atoms with Crippen LogP contribution in [0.4, 0.5) is 11.5 Å². The average Bonchev–Trinajstić information content (AvgIpc) is 2.96. The number of carbonyl (C=O) groups excluding carboxylic acids is 1. The highest BCUT2D eigenvalue weighted by atomic mass is 35.5. The second-order valence-electron chi connectivity index (χ2n) is 5.98. The van der Waals surface area contributed by atoms with E-state index in [0.717, 1.165) is 5.56 Å². The maximum Gasteiger partial charge on any atom is 0.272 e. The number of hydrogen-bond acceptors (Lipinski definition) is 4. The fourth-order valence-corrected chi connectivity index (χ4v) is 3.09. The van der Waals surface area contributed by atoms with Crippen LogP contribution >= 0.6 is 34.8 Å². The predicted octanol–water partition coefficient (Wildman–Crippen LogP) is 5.36. The van der Waals surface area contributed by atoms with E-state index in [-0.39, 0.29) is 22.1 Å². The highest BCUT2D eigenvalue weighted by molar-refractivity contribution is 6.42. The maximum atomic E-state index is 12.4. The summed E-state index contributed by atoms with van der Waals surface area (Å²) in [6.07, 6.45) is 1.57. The van der Waals surface area contributed by atoms with E-state index < -0.39 is 10.8 Å². The van der Waals surface area contributed by atoms with Crippen molar-refractivity contribution >= 4 is 52.2 Å². The number of halogens is 3. The van der Waals surface area contributed by atoms with Gasteiger partial charge < -0.3 is 5.32 Å². The molecule has 0 spiro atoms. The number of benzene rings is 2. The van der Waals surface area contributed by atoms with Gasteiger partial charge in [0.1, 0.15) is 5.02 Å². The summed E-state index contributed by atoms with van der Waals surface area (Å²) < 4.78 is 1.55. The van der Waals surface area contributed by atoms with Crippen LogP contribution in [0.1, 0.15) is 21.5 Å². The summed E-state index contributed by atoms with van der Waals surface area (Å²) in [5, 5.41) is 18.9. The van der Waals surface area contributed by atoms with Crippen LogP contribution in [-0.4, -0.2) is 20.6 Å². The first-order valence-corrected chi connectivity index (χ1v) is 9.11. The molecule has 28 heavy (non-hydrogen) atoms. The van der Waals surface area contributed by atoms with Gasteiger partial charge in [-0.1, -0.05) is 40.9 Å². The van der Waals surface area contributed by atoms with E-state index in [2.05, 4.69) is 10.4 Å². The van der Waals surface area contributed by atoms with E-state index in [9.17, 15) is 14.9 Å². The molecule has 2 aromatic carbocycles. The van der Waals surface area contributed by atoms with Gasteiger partial charge in [0.2, 0.25) is 0 Å². The van der Waals surface area contributed by atoms with E-state index in [0.29, 0.717) is 22.2 Å². The lowest BCUT2D eigenvalue weighted by Gasteiger charge is -2.05. The molecule has 1 amide bonds. The quantitative estimate of drug-likeness (QED) is 0.428. The van der Waals surface area contributed by atoms with Gasteiger partial charge in [0.05, 0.1) is 21.5 Å². The molecule has 0 aliphatic rings. The Morgan fingerprint density at radius 2 is 1.89 bits per heavy atom. The fourth-order valence-electron chi connectivity index (χ4n) is 2.57. The molecule has 0 atom stereocenters. The number of nitro benzene ring substituents is 1. The van der Waals surface area contributed by atoms with E-state index >= 15 is 0 Å². The molecule has 144 valence electrons. The molecule has 0 aliphatic carbocycles. The minimum absolute atomic E-state index is 0.0551. The predicted molar refractivity (Wildman–Crippen MR) is 109 cm³/mol. The van der Waals surface area contributed by atoms with Crippen molar-refractivity contribution in [1.82, 2.24) is 9.78 Å². The van der Waals surface area contributed by atoms with Crippen molar-refractivity contribution in [2.24, 2.45) is 0 Å². The third-order valence-corrected chi connectivity index (χ3v) is 4.95. The molecular formula is C18H13Cl3N4O3. The Hall–Kier alpha value is -2.61. The number of nitrogens with zero attached hydrogens (tertiary/aromatic N) is 3. The molecule has 1 heterocycles. The molecule has 0 radical (unpaired) electrons. The Morgan fingerprint density at radius 3 is 2.54 bits per heavy atom. The fraction of sp³-hybridized carbons (Fsp3) is 0.111. The van der Waals surface area contributed by atoms with Crippen molar-refractivity contribution in [1.29, 1.82) is 0 Å². The number of nitrogens with one attached hydrogen (secondary N) is 1. The van der Waals surface area contributed by atoms with Crippen molar-refractivity contribution in [2.75, 3.05) is 5.32 Å². The second-order valence-corrected chi connectivity index (χ2v) is 7.21. The number of hydrogen-bond donors (Lipinski definition) is 1. The summed E-state index contributed by atoms with van der Waals surface area (Å²) in [5.74, 6) is -0.289. The molecule has 1 N–H and O–H groups in total. The highest BCUT2D eigenvalue weighted by Crippen LogP contribution is 2.25. The van der Waals surface area contributed by atoms with Crippen LogP contribution in [0.2, 0.25) is 15.1 Å². The first kappa shape index (κ1) is 20.1. The summed E-state index contributed by atoms with van der Waals surface area (Å²) in [7, 11) is 0. The molecule has 0 saturated heterocycles. The Labute approximate surface area is 175 Å². The van der Waals surface area contributed by atoms with E-state index in [1.54, 1.807) is 29.9 Å². The van der Waals surface area contributed by atoms with Gasteiger partial charge in [0, 0.05) is 23.4 Å².